The van der Waals surface area contributed by atoms with Crippen molar-refractivity contribution in [3.8, 4) is 5.75 Å². The van der Waals surface area contributed by atoms with Crippen molar-refractivity contribution in [1.29, 1.82) is 0 Å². The minimum absolute atomic E-state index is 0.00826. The van der Waals surface area contributed by atoms with E-state index in [0.29, 0.717) is 27.2 Å². The minimum Gasteiger partial charge on any atom is -0.508 e. The van der Waals surface area contributed by atoms with Crippen LogP contribution in [0.3, 0.4) is 0 Å². The van der Waals surface area contributed by atoms with Crippen molar-refractivity contribution in [1.82, 2.24) is 0 Å². The summed E-state index contributed by atoms with van der Waals surface area (Å²) in [5.41, 5.74) is 1.39. The highest BCUT2D eigenvalue weighted by Crippen LogP contribution is 2.42. The predicted octanol–water partition coefficient (Wildman–Crippen LogP) is 5.66. The molecule has 0 unspecified atom stereocenters. The number of aromatic hydroxyl groups is 1. The number of phenolic OH excluding ortho intramolecular Hbond substituents is 1. The summed E-state index contributed by atoms with van der Waals surface area (Å²) >= 11 is 9.49. The Morgan fingerprint density at radius 1 is 1.00 bits per heavy atom. The van der Waals surface area contributed by atoms with Crippen molar-refractivity contribution < 1.29 is 14.3 Å². The van der Waals surface area contributed by atoms with Gasteiger partial charge in [-0.1, -0.05) is 39.7 Å². The van der Waals surface area contributed by atoms with Crippen LogP contribution in [0.5, 0.6) is 5.75 Å². The summed E-state index contributed by atoms with van der Waals surface area (Å²) in [6.45, 7) is 0. The highest BCUT2D eigenvalue weighted by atomic mass is 79.9. The fraction of sp³-hybridized carbons (Fsp3) is 0.0435. The summed E-state index contributed by atoms with van der Waals surface area (Å²) in [5.74, 6) is -0.391. The maximum Gasteiger partial charge on any atom is 0.295 e. The molecule has 0 saturated heterocycles. The molecule has 0 aliphatic carbocycles. The van der Waals surface area contributed by atoms with Crippen LogP contribution >= 0.6 is 27.5 Å². The van der Waals surface area contributed by atoms with E-state index in [1.54, 1.807) is 42.5 Å². The number of hydrogen-bond acceptors (Lipinski definition) is 4. The summed E-state index contributed by atoms with van der Waals surface area (Å²) in [6, 6.07) is 17.7. The van der Waals surface area contributed by atoms with Crippen LogP contribution in [-0.4, -0.2) is 11.0 Å². The van der Waals surface area contributed by atoms with Crippen LogP contribution in [0.4, 0.5) is 5.69 Å². The van der Waals surface area contributed by atoms with E-state index in [1.165, 1.54) is 17.0 Å². The SMILES string of the molecule is O=C1c2oc3ccc(Cl)cc3c(=O)c2[C@H](c2cccc(O)c2)N1c1ccc(Br)cc1. The van der Waals surface area contributed by atoms with Gasteiger partial charge in [0.05, 0.1) is 17.0 Å². The Kier molecular flexibility index (Phi) is 4.41. The van der Waals surface area contributed by atoms with E-state index < -0.39 is 11.9 Å². The molecule has 0 saturated carbocycles. The van der Waals surface area contributed by atoms with Crippen LogP contribution in [0.25, 0.3) is 11.0 Å². The lowest BCUT2D eigenvalue weighted by atomic mass is 9.98. The van der Waals surface area contributed by atoms with Crippen molar-refractivity contribution in [2.45, 2.75) is 6.04 Å². The molecule has 1 amide bonds. The van der Waals surface area contributed by atoms with Gasteiger partial charge in [-0.3, -0.25) is 14.5 Å². The van der Waals surface area contributed by atoms with E-state index in [-0.39, 0.29) is 22.5 Å². The molecule has 0 spiro atoms. The van der Waals surface area contributed by atoms with Gasteiger partial charge in [0.25, 0.3) is 5.91 Å². The standard InChI is InChI=1S/C23H13BrClNO4/c24-13-4-7-15(8-5-13)26-20(12-2-1-3-16(27)10-12)19-21(28)17-11-14(25)6-9-18(17)30-22(19)23(26)29/h1-11,20,27H/t20-/m0/s1. The van der Waals surface area contributed by atoms with Crippen LogP contribution < -0.4 is 10.3 Å². The Labute approximate surface area is 184 Å². The summed E-state index contributed by atoms with van der Waals surface area (Å²) in [7, 11) is 0. The molecule has 1 aliphatic heterocycles. The molecule has 3 aromatic carbocycles. The zero-order valence-electron chi connectivity index (χ0n) is 15.3. The highest BCUT2D eigenvalue weighted by molar-refractivity contribution is 9.10. The number of carbonyl (C=O) groups is 1. The molecule has 0 radical (unpaired) electrons. The lowest BCUT2D eigenvalue weighted by Crippen LogP contribution is -2.29. The van der Waals surface area contributed by atoms with Crippen LogP contribution in [0, 0.1) is 0 Å². The van der Waals surface area contributed by atoms with E-state index in [0.717, 1.165) is 4.47 Å². The molecule has 0 bridgehead atoms. The monoisotopic (exact) mass is 481 g/mol. The number of carbonyl (C=O) groups excluding carboxylic acids is 1. The third-order valence-electron chi connectivity index (χ3n) is 5.12. The average molecular weight is 483 g/mol. The number of benzene rings is 3. The fourth-order valence-corrected chi connectivity index (χ4v) is 4.26. The summed E-state index contributed by atoms with van der Waals surface area (Å²) < 4.78 is 6.75. The Morgan fingerprint density at radius 3 is 2.50 bits per heavy atom. The molecule has 7 heteroatoms. The summed E-state index contributed by atoms with van der Waals surface area (Å²) in [6.07, 6.45) is 0. The van der Waals surface area contributed by atoms with Gasteiger partial charge in [0.15, 0.2) is 5.43 Å². The molecule has 148 valence electrons. The number of rotatable bonds is 2. The number of halogens is 2. The summed E-state index contributed by atoms with van der Waals surface area (Å²) in [5, 5.41) is 10.7. The molecule has 2 heterocycles. The quantitative estimate of drug-likeness (QED) is 0.400. The van der Waals surface area contributed by atoms with Gasteiger partial charge >= 0.3 is 0 Å². The molecule has 1 aliphatic rings. The Bertz CT molecular complexity index is 1380. The van der Waals surface area contributed by atoms with Gasteiger partial charge < -0.3 is 9.52 Å². The largest absolute Gasteiger partial charge is 0.508 e. The second-order valence-corrected chi connectivity index (χ2v) is 8.32. The molecule has 1 N–H and O–H groups in total. The van der Waals surface area contributed by atoms with E-state index in [1.807, 2.05) is 12.1 Å². The molecule has 30 heavy (non-hydrogen) atoms. The van der Waals surface area contributed by atoms with Crippen molar-refractivity contribution in [2.24, 2.45) is 0 Å². The van der Waals surface area contributed by atoms with Crippen molar-refractivity contribution in [2.75, 3.05) is 4.90 Å². The number of fused-ring (bicyclic) bond motifs is 2. The van der Waals surface area contributed by atoms with Crippen molar-refractivity contribution >= 4 is 50.1 Å². The molecule has 5 nitrogen and oxygen atoms in total. The van der Waals surface area contributed by atoms with E-state index in [9.17, 15) is 14.7 Å². The van der Waals surface area contributed by atoms with Gasteiger partial charge in [0.2, 0.25) is 5.76 Å². The number of phenols is 1. The second kappa shape index (κ2) is 7.00. The highest BCUT2D eigenvalue weighted by Gasteiger charge is 2.43. The maximum atomic E-state index is 13.5. The van der Waals surface area contributed by atoms with Crippen molar-refractivity contribution in [3.63, 3.8) is 0 Å². The molecule has 0 fully saturated rings. The first-order chi connectivity index (χ1) is 14.4. The van der Waals surface area contributed by atoms with Gasteiger partial charge in [-0.2, -0.15) is 0 Å². The van der Waals surface area contributed by atoms with E-state index in [4.69, 9.17) is 16.0 Å². The molecule has 1 atom stereocenters. The third-order valence-corrected chi connectivity index (χ3v) is 5.89. The zero-order valence-corrected chi connectivity index (χ0v) is 17.6. The van der Waals surface area contributed by atoms with E-state index >= 15 is 0 Å². The number of anilines is 1. The lowest BCUT2D eigenvalue weighted by molar-refractivity contribution is 0.0971. The maximum absolute atomic E-state index is 13.5. The first-order valence-electron chi connectivity index (χ1n) is 9.08. The molecular weight excluding hydrogens is 470 g/mol. The van der Waals surface area contributed by atoms with Gasteiger partial charge in [-0.25, -0.2) is 0 Å². The predicted molar refractivity (Wildman–Crippen MR) is 118 cm³/mol. The van der Waals surface area contributed by atoms with Gasteiger partial charge in [-0.15, -0.1) is 0 Å². The molecular formula is C23H13BrClNO4. The van der Waals surface area contributed by atoms with Crippen molar-refractivity contribution in [3.05, 3.63) is 103 Å². The number of nitrogens with zero attached hydrogens (tertiary/aromatic N) is 1. The van der Waals surface area contributed by atoms with Gasteiger partial charge in [0.1, 0.15) is 11.3 Å². The number of hydrogen-bond donors (Lipinski definition) is 1. The van der Waals surface area contributed by atoms with Crippen LogP contribution in [0.1, 0.15) is 27.7 Å². The smallest absolute Gasteiger partial charge is 0.295 e. The first kappa shape index (κ1) is 18.9. The molecule has 5 rings (SSSR count). The van der Waals surface area contributed by atoms with Crippen LogP contribution in [0.15, 0.2) is 80.4 Å². The lowest BCUT2D eigenvalue weighted by Gasteiger charge is -2.25. The number of amides is 1. The normalized spacial score (nSPS) is 15.6. The average Bonchev–Trinajstić information content (AvgIpc) is 3.02. The molecule has 4 aromatic rings. The Balaban J connectivity index is 1.83. The molecule has 1 aromatic heterocycles. The minimum atomic E-state index is -0.750. The summed E-state index contributed by atoms with van der Waals surface area (Å²) in [4.78, 5) is 28.4. The third kappa shape index (κ3) is 2.91. The van der Waals surface area contributed by atoms with E-state index in [2.05, 4.69) is 15.9 Å². The Morgan fingerprint density at radius 2 is 1.77 bits per heavy atom. The topological polar surface area (TPSA) is 70.8 Å². The zero-order chi connectivity index (χ0) is 21.0. The first-order valence-corrected chi connectivity index (χ1v) is 10.3. The van der Waals surface area contributed by atoms with Crippen LogP contribution in [-0.2, 0) is 0 Å². The fourth-order valence-electron chi connectivity index (χ4n) is 3.82. The Hall–Kier alpha value is -3.09. The second-order valence-electron chi connectivity index (χ2n) is 6.96. The van der Waals surface area contributed by atoms with Gasteiger partial charge in [0, 0.05) is 15.2 Å². The van der Waals surface area contributed by atoms with Crippen LogP contribution in [0.2, 0.25) is 5.02 Å². The van der Waals surface area contributed by atoms with Gasteiger partial charge in [-0.05, 0) is 60.2 Å².